The summed E-state index contributed by atoms with van der Waals surface area (Å²) in [5, 5.41) is 4.27. The molecule has 4 nitrogen and oxygen atoms in total. The maximum atomic E-state index is 12.7. The smallest absolute Gasteiger partial charge is 0.233 e. The maximum absolute atomic E-state index is 12.7. The van der Waals surface area contributed by atoms with E-state index in [0.29, 0.717) is 0 Å². The predicted molar refractivity (Wildman–Crippen MR) is 92.5 cm³/mol. The number of nitrogens with zero attached hydrogens (tertiary/aromatic N) is 1. The van der Waals surface area contributed by atoms with E-state index >= 15 is 0 Å². The number of carbonyl (C=O) groups excluding carboxylic acids is 1. The third-order valence-electron chi connectivity index (χ3n) is 4.97. The number of rotatable bonds is 5. The van der Waals surface area contributed by atoms with Crippen LogP contribution in [0.1, 0.15) is 37.9 Å². The van der Waals surface area contributed by atoms with Gasteiger partial charge in [-0.1, -0.05) is 18.2 Å². The molecule has 1 amide bonds. The molecule has 1 unspecified atom stereocenters. The standard InChI is InChI=1S/C19H26N2O2/c1-14(18-13-16-5-3-4-6-17(16)23-18)19(22)21-11-8-15(9-12-21)7-10-20-2/h3-6,13-15,20H,7-12H2,1-2H3. The van der Waals surface area contributed by atoms with Gasteiger partial charge in [0.15, 0.2) is 0 Å². The predicted octanol–water partition coefficient (Wildman–Crippen LogP) is 3.38. The molecule has 1 atom stereocenters. The van der Waals surface area contributed by atoms with E-state index in [0.717, 1.165) is 55.1 Å². The van der Waals surface area contributed by atoms with Crippen LogP contribution in [0, 0.1) is 5.92 Å². The Bertz CT molecular complexity index is 623. The van der Waals surface area contributed by atoms with Crippen molar-refractivity contribution in [2.45, 2.75) is 32.1 Å². The van der Waals surface area contributed by atoms with Crippen LogP contribution in [0.5, 0.6) is 0 Å². The number of amides is 1. The highest BCUT2D eigenvalue weighted by Crippen LogP contribution is 2.28. The van der Waals surface area contributed by atoms with E-state index in [1.54, 1.807) is 0 Å². The average molecular weight is 314 g/mol. The summed E-state index contributed by atoms with van der Waals surface area (Å²) in [6, 6.07) is 9.91. The van der Waals surface area contributed by atoms with Crippen molar-refractivity contribution < 1.29 is 9.21 Å². The zero-order chi connectivity index (χ0) is 16.2. The minimum atomic E-state index is -0.212. The highest BCUT2D eigenvalue weighted by Gasteiger charge is 2.28. The van der Waals surface area contributed by atoms with E-state index in [-0.39, 0.29) is 11.8 Å². The molecule has 0 spiro atoms. The summed E-state index contributed by atoms with van der Waals surface area (Å²) >= 11 is 0. The number of furan rings is 1. The van der Waals surface area contributed by atoms with Crippen molar-refractivity contribution in [3.63, 3.8) is 0 Å². The van der Waals surface area contributed by atoms with Crippen molar-refractivity contribution in [1.29, 1.82) is 0 Å². The van der Waals surface area contributed by atoms with Crippen LogP contribution in [0.4, 0.5) is 0 Å². The molecule has 1 saturated heterocycles. The Kier molecular flexibility index (Phi) is 5.01. The van der Waals surface area contributed by atoms with Crippen molar-refractivity contribution in [2.24, 2.45) is 5.92 Å². The fourth-order valence-electron chi connectivity index (χ4n) is 3.40. The molecule has 0 saturated carbocycles. The molecule has 1 aliphatic rings. The molecule has 4 heteroatoms. The van der Waals surface area contributed by atoms with Gasteiger partial charge < -0.3 is 14.6 Å². The van der Waals surface area contributed by atoms with Gasteiger partial charge in [-0.05, 0) is 57.8 Å². The van der Waals surface area contributed by atoms with E-state index in [2.05, 4.69) is 5.32 Å². The van der Waals surface area contributed by atoms with Crippen molar-refractivity contribution in [3.8, 4) is 0 Å². The zero-order valence-electron chi connectivity index (χ0n) is 14.0. The minimum absolute atomic E-state index is 0.191. The lowest BCUT2D eigenvalue weighted by molar-refractivity contribution is -0.134. The normalized spacial score (nSPS) is 17.6. The molecule has 124 valence electrons. The zero-order valence-corrected chi connectivity index (χ0v) is 14.0. The summed E-state index contributed by atoms with van der Waals surface area (Å²) in [6.07, 6.45) is 3.43. The second-order valence-corrected chi connectivity index (χ2v) is 6.57. The molecule has 0 radical (unpaired) electrons. The second-order valence-electron chi connectivity index (χ2n) is 6.57. The van der Waals surface area contributed by atoms with Gasteiger partial charge in [-0.15, -0.1) is 0 Å². The van der Waals surface area contributed by atoms with Gasteiger partial charge >= 0.3 is 0 Å². The van der Waals surface area contributed by atoms with Gasteiger partial charge in [0.2, 0.25) is 5.91 Å². The van der Waals surface area contributed by atoms with E-state index in [1.807, 2.05) is 49.2 Å². The molecule has 1 aromatic carbocycles. The van der Waals surface area contributed by atoms with Crippen molar-refractivity contribution in [2.75, 3.05) is 26.7 Å². The van der Waals surface area contributed by atoms with Gasteiger partial charge in [0.1, 0.15) is 11.3 Å². The first kappa shape index (κ1) is 16.1. The van der Waals surface area contributed by atoms with E-state index in [1.165, 1.54) is 6.42 Å². The molecule has 2 heterocycles. The molecule has 1 fully saturated rings. The number of nitrogens with one attached hydrogen (secondary N) is 1. The molecule has 0 bridgehead atoms. The first-order chi connectivity index (χ1) is 11.2. The fraction of sp³-hybridized carbons (Fsp3) is 0.526. The molecule has 2 aromatic rings. The second kappa shape index (κ2) is 7.18. The van der Waals surface area contributed by atoms with Crippen LogP contribution in [0.2, 0.25) is 0 Å². The number of benzene rings is 1. The van der Waals surface area contributed by atoms with Crippen molar-refractivity contribution >= 4 is 16.9 Å². The number of carbonyl (C=O) groups is 1. The molecule has 1 aromatic heterocycles. The van der Waals surface area contributed by atoms with Gasteiger partial charge in [-0.2, -0.15) is 0 Å². The number of likely N-dealkylation sites (tertiary alicyclic amines) is 1. The fourth-order valence-corrected chi connectivity index (χ4v) is 3.40. The van der Waals surface area contributed by atoms with E-state index in [9.17, 15) is 4.79 Å². The Morgan fingerprint density at radius 3 is 2.78 bits per heavy atom. The Labute approximate surface area is 137 Å². The van der Waals surface area contributed by atoms with Gasteiger partial charge in [0.05, 0.1) is 5.92 Å². The van der Waals surface area contributed by atoms with Crippen LogP contribution >= 0.6 is 0 Å². The number of para-hydroxylation sites is 1. The van der Waals surface area contributed by atoms with Crippen LogP contribution in [-0.2, 0) is 4.79 Å². The lowest BCUT2D eigenvalue weighted by Gasteiger charge is -2.33. The number of hydrogen-bond donors (Lipinski definition) is 1. The number of piperidine rings is 1. The maximum Gasteiger partial charge on any atom is 0.233 e. The molecule has 3 rings (SSSR count). The highest BCUT2D eigenvalue weighted by atomic mass is 16.3. The van der Waals surface area contributed by atoms with Crippen LogP contribution < -0.4 is 5.32 Å². The molecule has 1 aliphatic heterocycles. The number of fused-ring (bicyclic) bond motifs is 1. The lowest BCUT2D eigenvalue weighted by Crippen LogP contribution is -2.40. The van der Waals surface area contributed by atoms with E-state index < -0.39 is 0 Å². The summed E-state index contributed by atoms with van der Waals surface area (Å²) in [6.45, 7) is 4.76. The SMILES string of the molecule is CNCCC1CCN(C(=O)C(C)c2cc3ccccc3o2)CC1. The Morgan fingerprint density at radius 2 is 2.09 bits per heavy atom. The Morgan fingerprint density at radius 1 is 1.35 bits per heavy atom. The third-order valence-corrected chi connectivity index (χ3v) is 4.97. The quantitative estimate of drug-likeness (QED) is 0.920. The topological polar surface area (TPSA) is 45.5 Å². The number of hydrogen-bond acceptors (Lipinski definition) is 3. The summed E-state index contributed by atoms with van der Waals surface area (Å²) < 4.78 is 5.86. The average Bonchev–Trinajstić information content (AvgIpc) is 3.03. The third kappa shape index (κ3) is 3.58. The molecule has 23 heavy (non-hydrogen) atoms. The van der Waals surface area contributed by atoms with Gasteiger partial charge in [-0.25, -0.2) is 0 Å². The van der Waals surface area contributed by atoms with Crippen molar-refractivity contribution in [3.05, 3.63) is 36.1 Å². The van der Waals surface area contributed by atoms with Crippen LogP contribution in [0.25, 0.3) is 11.0 Å². The monoisotopic (exact) mass is 314 g/mol. The van der Waals surface area contributed by atoms with Crippen LogP contribution in [0.3, 0.4) is 0 Å². The molecule has 1 N–H and O–H groups in total. The first-order valence-corrected chi connectivity index (χ1v) is 8.61. The minimum Gasteiger partial charge on any atom is -0.460 e. The Hall–Kier alpha value is -1.81. The van der Waals surface area contributed by atoms with Gasteiger partial charge in [0, 0.05) is 18.5 Å². The molecule has 0 aliphatic carbocycles. The summed E-state index contributed by atoms with van der Waals surface area (Å²) in [5.41, 5.74) is 0.855. The van der Waals surface area contributed by atoms with Gasteiger partial charge in [0.25, 0.3) is 0 Å². The van der Waals surface area contributed by atoms with Crippen LogP contribution in [-0.4, -0.2) is 37.5 Å². The summed E-state index contributed by atoms with van der Waals surface area (Å²) in [5.74, 6) is 1.49. The van der Waals surface area contributed by atoms with Gasteiger partial charge in [-0.3, -0.25) is 4.79 Å². The summed E-state index contributed by atoms with van der Waals surface area (Å²) in [4.78, 5) is 14.8. The Balaban J connectivity index is 1.61. The van der Waals surface area contributed by atoms with Crippen molar-refractivity contribution in [1.82, 2.24) is 10.2 Å². The van der Waals surface area contributed by atoms with E-state index in [4.69, 9.17) is 4.42 Å². The highest BCUT2D eigenvalue weighted by molar-refractivity contribution is 5.85. The lowest BCUT2D eigenvalue weighted by atomic mass is 9.92. The summed E-state index contributed by atoms with van der Waals surface area (Å²) in [7, 11) is 1.99. The van der Waals surface area contributed by atoms with Crippen LogP contribution in [0.15, 0.2) is 34.7 Å². The largest absolute Gasteiger partial charge is 0.460 e. The molecular weight excluding hydrogens is 288 g/mol. The first-order valence-electron chi connectivity index (χ1n) is 8.61. The molecular formula is C19H26N2O2.